The number of hydrogen-bond donors (Lipinski definition) is 2. The van der Waals surface area contributed by atoms with E-state index in [2.05, 4.69) is 21.2 Å². The van der Waals surface area contributed by atoms with Crippen LogP contribution >= 0.6 is 27.3 Å². The van der Waals surface area contributed by atoms with E-state index >= 15 is 0 Å². The van der Waals surface area contributed by atoms with Gasteiger partial charge in [0.05, 0.1) is 11.6 Å². The van der Waals surface area contributed by atoms with Crippen LogP contribution in [0.25, 0.3) is 0 Å². The van der Waals surface area contributed by atoms with Gasteiger partial charge in [-0.1, -0.05) is 15.9 Å². The second kappa shape index (κ2) is 5.75. The fourth-order valence-corrected chi connectivity index (χ4v) is 2.96. The van der Waals surface area contributed by atoms with Crippen molar-refractivity contribution in [1.29, 1.82) is 0 Å². The molecular weight excluding hydrogens is 326 g/mol. The predicted octanol–water partition coefficient (Wildman–Crippen LogP) is 4.02. The summed E-state index contributed by atoms with van der Waals surface area (Å²) >= 11 is 4.90. The van der Waals surface area contributed by atoms with Crippen LogP contribution in [0.4, 0.5) is 0 Å². The largest absolute Gasteiger partial charge is 0.507 e. The fourth-order valence-electron chi connectivity index (χ4n) is 1.73. The molecule has 0 radical (unpaired) electrons. The van der Waals surface area contributed by atoms with E-state index in [9.17, 15) is 9.90 Å². The average Bonchev–Trinajstić information content (AvgIpc) is 2.75. The van der Waals surface area contributed by atoms with Crippen molar-refractivity contribution in [1.82, 2.24) is 5.32 Å². The van der Waals surface area contributed by atoms with Crippen LogP contribution < -0.4 is 5.32 Å². The number of carbonyl (C=O) groups excluding carboxylic acids is 1. The van der Waals surface area contributed by atoms with E-state index in [-0.39, 0.29) is 23.3 Å². The number of benzene rings is 1. The molecule has 0 saturated heterocycles. The molecule has 2 N–H and O–H groups in total. The molecule has 3 nitrogen and oxygen atoms in total. The summed E-state index contributed by atoms with van der Waals surface area (Å²) < 4.78 is 0.739. The first-order valence-electron chi connectivity index (χ1n) is 5.83. The molecule has 2 rings (SSSR count). The minimum atomic E-state index is -0.274. The Hall–Kier alpha value is -1.33. The van der Waals surface area contributed by atoms with Gasteiger partial charge in [0.25, 0.3) is 5.91 Å². The molecule has 0 fully saturated rings. The molecule has 1 aromatic carbocycles. The topological polar surface area (TPSA) is 49.3 Å². The highest BCUT2D eigenvalue weighted by atomic mass is 79.9. The highest BCUT2D eigenvalue weighted by Crippen LogP contribution is 2.25. The number of phenols is 1. The molecular formula is C14H14BrNO2S. The van der Waals surface area contributed by atoms with Gasteiger partial charge in [-0.25, -0.2) is 0 Å². The van der Waals surface area contributed by atoms with Gasteiger partial charge >= 0.3 is 0 Å². The van der Waals surface area contributed by atoms with Gasteiger partial charge in [-0.15, -0.1) is 11.3 Å². The minimum absolute atomic E-state index is 0.0264. The highest BCUT2D eigenvalue weighted by Gasteiger charge is 2.15. The van der Waals surface area contributed by atoms with Gasteiger partial charge < -0.3 is 10.4 Å². The summed E-state index contributed by atoms with van der Waals surface area (Å²) in [5, 5.41) is 12.6. The zero-order valence-corrected chi connectivity index (χ0v) is 13.0. The summed E-state index contributed by atoms with van der Waals surface area (Å²) in [7, 11) is 0. The van der Waals surface area contributed by atoms with Crippen LogP contribution in [0.5, 0.6) is 5.75 Å². The third kappa shape index (κ3) is 3.36. The van der Waals surface area contributed by atoms with Crippen molar-refractivity contribution >= 4 is 33.2 Å². The highest BCUT2D eigenvalue weighted by molar-refractivity contribution is 9.10. The second-order valence-electron chi connectivity index (χ2n) is 4.31. The van der Waals surface area contributed by atoms with Crippen molar-refractivity contribution in [2.75, 3.05) is 0 Å². The maximum atomic E-state index is 12.1. The smallest absolute Gasteiger partial charge is 0.255 e. The molecule has 100 valence electrons. The van der Waals surface area contributed by atoms with Crippen molar-refractivity contribution in [3.05, 3.63) is 50.1 Å². The first-order chi connectivity index (χ1) is 8.97. The first-order valence-corrected chi connectivity index (χ1v) is 7.44. The normalized spacial score (nSPS) is 12.2. The van der Waals surface area contributed by atoms with E-state index in [0.29, 0.717) is 0 Å². The molecule has 0 aliphatic rings. The van der Waals surface area contributed by atoms with Crippen LogP contribution in [0.3, 0.4) is 0 Å². The monoisotopic (exact) mass is 339 g/mol. The Balaban J connectivity index is 2.12. The number of rotatable bonds is 3. The van der Waals surface area contributed by atoms with E-state index in [0.717, 1.165) is 9.35 Å². The number of amides is 1. The molecule has 1 unspecified atom stereocenters. The number of carbonyl (C=O) groups is 1. The molecule has 1 heterocycles. The van der Waals surface area contributed by atoms with Crippen LogP contribution in [0.15, 0.2) is 34.8 Å². The number of nitrogens with one attached hydrogen (secondary N) is 1. The Morgan fingerprint density at radius 1 is 1.37 bits per heavy atom. The Bertz CT molecular complexity index is 609. The summed E-state index contributed by atoms with van der Waals surface area (Å²) in [5.41, 5.74) is 0.281. The molecule has 1 aromatic heterocycles. The summed E-state index contributed by atoms with van der Waals surface area (Å²) in [4.78, 5) is 14.4. The SMILES string of the molecule is Cc1ccc(C(C)NC(=O)c2ccc(Br)cc2O)s1. The zero-order chi connectivity index (χ0) is 14.0. The molecule has 2 aromatic rings. The molecule has 0 spiro atoms. The number of thiophene rings is 1. The van der Waals surface area contributed by atoms with Crippen LogP contribution in [-0.2, 0) is 0 Å². The van der Waals surface area contributed by atoms with Gasteiger partial charge in [-0.3, -0.25) is 4.79 Å². The summed E-state index contributed by atoms with van der Waals surface area (Å²) in [6.45, 7) is 3.96. The number of aryl methyl sites for hydroxylation is 1. The fraction of sp³-hybridized carbons (Fsp3) is 0.214. The molecule has 0 aliphatic heterocycles. The predicted molar refractivity (Wildman–Crippen MR) is 80.7 cm³/mol. The van der Waals surface area contributed by atoms with Gasteiger partial charge in [0.2, 0.25) is 0 Å². The Labute approximate surface area is 124 Å². The number of phenolic OH excluding ortho intramolecular Hbond substituents is 1. The first kappa shape index (κ1) is 14.1. The maximum Gasteiger partial charge on any atom is 0.255 e. The van der Waals surface area contributed by atoms with Gasteiger partial charge in [0.15, 0.2) is 0 Å². The molecule has 0 bridgehead atoms. The summed E-state index contributed by atoms with van der Waals surface area (Å²) in [6.07, 6.45) is 0. The van der Waals surface area contributed by atoms with Crippen molar-refractivity contribution < 1.29 is 9.90 Å². The zero-order valence-electron chi connectivity index (χ0n) is 10.6. The second-order valence-corrected chi connectivity index (χ2v) is 6.54. The minimum Gasteiger partial charge on any atom is -0.507 e. The van der Waals surface area contributed by atoms with Gasteiger partial charge in [0.1, 0.15) is 5.75 Å². The molecule has 0 aliphatic carbocycles. The molecule has 19 heavy (non-hydrogen) atoms. The Morgan fingerprint density at radius 2 is 2.11 bits per heavy atom. The third-order valence-corrected chi connectivity index (χ3v) is 4.42. The molecule has 5 heteroatoms. The summed E-state index contributed by atoms with van der Waals surface area (Å²) in [6, 6.07) is 8.80. The van der Waals surface area contributed by atoms with E-state index in [1.165, 1.54) is 10.9 Å². The third-order valence-electron chi connectivity index (χ3n) is 2.74. The Morgan fingerprint density at radius 3 is 2.68 bits per heavy atom. The van der Waals surface area contributed by atoms with Gasteiger partial charge in [-0.2, -0.15) is 0 Å². The maximum absolute atomic E-state index is 12.1. The Kier molecular flexibility index (Phi) is 4.27. The van der Waals surface area contributed by atoms with Crippen LogP contribution in [0.2, 0.25) is 0 Å². The van der Waals surface area contributed by atoms with Gasteiger partial charge in [-0.05, 0) is 44.2 Å². The lowest BCUT2D eigenvalue weighted by atomic mass is 10.1. The van der Waals surface area contributed by atoms with Crippen LogP contribution in [0.1, 0.15) is 33.1 Å². The van der Waals surface area contributed by atoms with Crippen molar-refractivity contribution in [3.8, 4) is 5.75 Å². The summed E-state index contributed by atoms with van der Waals surface area (Å²) in [5.74, 6) is -0.301. The standard InChI is InChI=1S/C14H14BrNO2S/c1-8-3-6-13(19-8)9(2)16-14(18)11-5-4-10(15)7-12(11)17/h3-7,9,17H,1-2H3,(H,16,18). The molecule has 0 saturated carbocycles. The molecule has 1 amide bonds. The number of hydrogen-bond acceptors (Lipinski definition) is 3. The van der Waals surface area contributed by atoms with E-state index in [1.54, 1.807) is 23.5 Å². The lowest BCUT2D eigenvalue weighted by molar-refractivity contribution is 0.0938. The van der Waals surface area contributed by atoms with Crippen LogP contribution in [-0.4, -0.2) is 11.0 Å². The average molecular weight is 340 g/mol. The number of aromatic hydroxyl groups is 1. The van der Waals surface area contributed by atoms with Crippen molar-refractivity contribution in [2.24, 2.45) is 0 Å². The van der Waals surface area contributed by atoms with Crippen molar-refractivity contribution in [2.45, 2.75) is 19.9 Å². The number of halogens is 1. The van der Waals surface area contributed by atoms with Gasteiger partial charge in [0, 0.05) is 14.2 Å². The van der Waals surface area contributed by atoms with Crippen LogP contribution in [0, 0.1) is 6.92 Å². The van der Waals surface area contributed by atoms with E-state index in [1.807, 2.05) is 26.0 Å². The lowest BCUT2D eigenvalue weighted by Crippen LogP contribution is -2.26. The van der Waals surface area contributed by atoms with E-state index < -0.39 is 0 Å². The lowest BCUT2D eigenvalue weighted by Gasteiger charge is -2.13. The molecule has 1 atom stereocenters. The quantitative estimate of drug-likeness (QED) is 0.887. The van der Waals surface area contributed by atoms with Crippen molar-refractivity contribution in [3.63, 3.8) is 0 Å². The van der Waals surface area contributed by atoms with E-state index in [4.69, 9.17) is 0 Å².